The Morgan fingerprint density at radius 1 is 1.33 bits per heavy atom. The molecular weight excluding hydrogens is 346 g/mol. The predicted molar refractivity (Wildman–Crippen MR) is 93.0 cm³/mol. The van der Waals surface area contributed by atoms with E-state index in [-0.39, 0.29) is 0 Å². The Labute approximate surface area is 138 Å². The highest BCUT2D eigenvalue weighted by Gasteiger charge is 2.20. The number of thiophene rings is 1. The lowest BCUT2D eigenvalue weighted by Gasteiger charge is -2.11. The van der Waals surface area contributed by atoms with Gasteiger partial charge in [0, 0.05) is 27.0 Å². The van der Waals surface area contributed by atoms with Gasteiger partial charge in [0.25, 0.3) is 0 Å². The van der Waals surface area contributed by atoms with Gasteiger partial charge in [-0.25, -0.2) is 0 Å². The second-order valence-electron chi connectivity index (χ2n) is 5.41. The van der Waals surface area contributed by atoms with Gasteiger partial charge in [0.1, 0.15) is 12.4 Å². The van der Waals surface area contributed by atoms with Gasteiger partial charge in [-0.1, -0.05) is 22.0 Å². The van der Waals surface area contributed by atoms with E-state index in [1.807, 2.05) is 6.07 Å². The van der Waals surface area contributed by atoms with Gasteiger partial charge in [-0.3, -0.25) is 0 Å². The van der Waals surface area contributed by atoms with Crippen molar-refractivity contribution >= 4 is 32.8 Å². The normalized spacial score (nSPS) is 15.5. The molecule has 1 aliphatic rings. The van der Waals surface area contributed by atoms with Crippen molar-refractivity contribution in [3.8, 4) is 5.75 Å². The molecule has 2 heterocycles. The lowest BCUT2D eigenvalue weighted by molar-refractivity contribution is 0.307. The van der Waals surface area contributed by atoms with Crippen molar-refractivity contribution < 1.29 is 4.74 Å². The fraction of sp³-hybridized carbons (Fsp3) is 0.294. The van der Waals surface area contributed by atoms with Crippen LogP contribution in [0.15, 0.2) is 40.2 Å². The molecule has 0 spiro atoms. The minimum atomic E-state index is 0.651. The van der Waals surface area contributed by atoms with Gasteiger partial charge < -0.3 is 9.64 Å². The molecule has 1 aromatic carbocycles. The topological polar surface area (TPSA) is 12.5 Å². The number of ether oxygens (including phenoxy) is 1. The van der Waals surface area contributed by atoms with E-state index in [4.69, 9.17) is 4.74 Å². The fourth-order valence-electron chi connectivity index (χ4n) is 2.47. The maximum absolute atomic E-state index is 5.98. The molecule has 21 heavy (non-hydrogen) atoms. The summed E-state index contributed by atoms with van der Waals surface area (Å²) in [4.78, 5) is 3.55. The molecule has 1 aliphatic heterocycles. The lowest BCUT2D eigenvalue weighted by atomic mass is 10.0. The van der Waals surface area contributed by atoms with Crippen molar-refractivity contribution in [3.05, 3.63) is 56.2 Å². The number of hydrogen-bond donors (Lipinski definition) is 0. The van der Waals surface area contributed by atoms with Gasteiger partial charge in [-0.15, -0.1) is 11.3 Å². The number of benzene rings is 1. The van der Waals surface area contributed by atoms with Crippen LogP contribution >= 0.6 is 27.3 Å². The van der Waals surface area contributed by atoms with E-state index < -0.39 is 0 Å². The summed E-state index contributed by atoms with van der Waals surface area (Å²) >= 11 is 5.38. The molecule has 1 aromatic heterocycles. The Morgan fingerprint density at radius 2 is 2.19 bits per heavy atom. The first-order chi connectivity index (χ1) is 10.1. The van der Waals surface area contributed by atoms with Crippen molar-refractivity contribution in [3.63, 3.8) is 0 Å². The Kier molecular flexibility index (Phi) is 4.48. The molecule has 3 rings (SSSR count). The zero-order valence-electron chi connectivity index (χ0n) is 12.2. The zero-order chi connectivity index (χ0) is 14.8. The van der Waals surface area contributed by atoms with Gasteiger partial charge >= 0.3 is 0 Å². The molecule has 0 unspecified atom stereocenters. The molecule has 0 atom stereocenters. The molecule has 2 nitrogen and oxygen atoms in total. The number of hydrogen-bond acceptors (Lipinski definition) is 3. The Hall–Kier alpha value is -1.10. The first kappa shape index (κ1) is 14.8. The van der Waals surface area contributed by atoms with E-state index in [0.29, 0.717) is 6.61 Å². The summed E-state index contributed by atoms with van der Waals surface area (Å²) in [6.45, 7) is 1.70. The van der Waals surface area contributed by atoms with Crippen LogP contribution in [0, 0.1) is 0 Å². The van der Waals surface area contributed by atoms with Crippen LogP contribution in [0.1, 0.15) is 22.4 Å². The summed E-state index contributed by atoms with van der Waals surface area (Å²) in [5.74, 6) is 0.970. The molecule has 0 N–H and O–H groups in total. The third kappa shape index (κ3) is 3.23. The highest BCUT2D eigenvalue weighted by molar-refractivity contribution is 9.10. The largest absolute Gasteiger partial charge is 0.488 e. The van der Waals surface area contributed by atoms with Gasteiger partial charge in [0.15, 0.2) is 0 Å². The van der Waals surface area contributed by atoms with Crippen LogP contribution in [-0.4, -0.2) is 25.5 Å². The first-order valence-electron chi connectivity index (χ1n) is 6.99. The molecule has 110 valence electrons. The molecule has 0 radical (unpaired) electrons. The third-order valence-corrected chi connectivity index (χ3v) is 5.01. The van der Waals surface area contributed by atoms with Crippen LogP contribution in [0.4, 0.5) is 0 Å². The maximum Gasteiger partial charge on any atom is 0.127 e. The highest BCUT2D eigenvalue weighted by Crippen LogP contribution is 2.40. The van der Waals surface area contributed by atoms with E-state index in [0.717, 1.165) is 23.2 Å². The van der Waals surface area contributed by atoms with Crippen molar-refractivity contribution in [2.75, 3.05) is 20.6 Å². The molecule has 0 saturated carbocycles. The molecule has 0 amide bonds. The van der Waals surface area contributed by atoms with E-state index in [2.05, 4.69) is 64.6 Å². The van der Waals surface area contributed by atoms with E-state index in [1.54, 1.807) is 11.3 Å². The zero-order valence-corrected chi connectivity index (χ0v) is 14.6. The van der Waals surface area contributed by atoms with E-state index >= 15 is 0 Å². The van der Waals surface area contributed by atoms with Crippen LogP contribution in [-0.2, 0) is 6.61 Å². The quantitative estimate of drug-likeness (QED) is 0.777. The van der Waals surface area contributed by atoms with Crippen LogP contribution in [0.3, 0.4) is 0 Å². The highest BCUT2D eigenvalue weighted by atomic mass is 79.9. The van der Waals surface area contributed by atoms with Crippen molar-refractivity contribution in [1.29, 1.82) is 0 Å². The molecular formula is C17H18BrNOS. The average molecular weight is 364 g/mol. The lowest BCUT2D eigenvalue weighted by Crippen LogP contribution is -2.12. The van der Waals surface area contributed by atoms with Crippen molar-refractivity contribution in [2.24, 2.45) is 0 Å². The summed E-state index contributed by atoms with van der Waals surface area (Å²) in [7, 11) is 4.21. The van der Waals surface area contributed by atoms with Crippen LogP contribution in [0.2, 0.25) is 0 Å². The van der Waals surface area contributed by atoms with Gasteiger partial charge in [0.2, 0.25) is 0 Å². The van der Waals surface area contributed by atoms with Crippen LogP contribution < -0.4 is 4.74 Å². The Balaban J connectivity index is 2.06. The standard InChI is InChI=1S/C17H18BrNOS/c1-19(2)8-3-4-14-15-10-13(18)5-6-16(15)20-11-12-7-9-21-17(12)14/h4-7,9-10H,3,8,11H2,1-2H3/b14-4-. The summed E-state index contributed by atoms with van der Waals surface area (Å²) in [5.41, 5.74) is 3.77. The second kappa shape index (κ2) is 6.34. The summed E-state index contributed by atoms with van der Waals surface area (Å²) < 4.78 is 7.07. The minimum Gasteiger partial charge on any atom is -0.488 e. The molecule has 0 fully saturated rings. The van der Waals surface area contributed by atoms with Crippen LogP contribution in [0.25, 0.3) is 5.57 Å². The molecule has 0 saturated heterocycles. The average Bonchev–Trinajstić information content (AvgIpc) is 2.85. The van der Waals surface area contributed by atoms with Gasteiger partial charge in [0.05, 0.1) is 0 Å². The van der Waals surface area contributed by atoms with Crippen molar-refractivity contribution in [1.82, 2.24) is 4.90 Å². The SMILES string of the molecule is CN(C)CC/C=C1/c2cc(Br)ccc2OCc2ccsc21. The first-order valence-corrected chi connectivity index (χ1v) is 8.67. The molecule has 0 aliphatic carbocycles. The van der Waals surface area contributed by atoms with Crippen molar-refractivity contribution in [2.45, 2.75) is 13.0 Å². The number of halogens is 1. The van der Waals surface area contributed by atoms with E-state index in [9.17, 15) is 0 Å². The predicted octanol–water partition coefficient (Wildman–Crippen LogP) is 4.79. The Bertz CT molecular complexity index is 675. The molecule has 0 bridgehead atoms. The monoisotopic (exact) mass is 363 g/mol. The molecule has 2 aromatic rings. The van der Waals surface area contributed by atoms with Gasteiger partial charge in [-0.2, -0.15) is 0 Å². The smallest absolute Gasteiger partial charge is 0.127 e. The third-order valence-electron chi connectivity index (χ3n) is 3.53. The summed E-state index contributed by atoms with van der Waals surface area (Å²) in [5, 5.41) is 2.15. The minimum absolute atomic E-state index is 0.651. The van der Waals surface area contributed by atoms with Gasteiger partial charge in [-0.05, 0) is 55.7 Å². The second-order valence-corrected chi connectivity index (χ2v) is 7.25. The number of fused-ring (bicyclic) bond motifs is 2. The summed E-state index contributed by atoms with van der Waals surface area (Å²) in [6, 6.07) is 8.41. The fourth-order valence-corrected chi connectivity index (χ4v) is 3.80. The number of nitrogens with zero attached hydrogens (tertiary/aromatic N) is 1. The Morgan fingerprint density at radius 3 is 3.00 bits per heavy atom. The molecule has 4 heteroatoms. The van der Waals surface area contributed by atoms with Crippen LogP contribution in [0.5, 0.6) is 5.75 Å². The van der Waals surface area contributed by atoms with E-state index in [1.165, 1.54) is 21.6 Å². The number of rotatable bonds is 3. The summed E-state index contributed by atoms with van der Waals surface area (Å²) in [6.07, 6.45) is 3.38. The maximum atomic E-state index is 5.98.